The predicted octanol–water partition coefficient (Wildman–Crippen LogP) is 4.34. The van der Waals surface area contributed by atoms with E-state index in [2.05, 4.69) is 27.6 Å². The molecule has 1 heterocycles. The predicted molar refractivity (Wildman–Crippen MR) is 69.2 cm³/mol. The fourth-order valence-corrected chi connectivity index (χ4v) is 2.08. The lowest BCUT2D eigenvalue weighted by atomic mass is 10.2. The number of aromatic nitrogens is 1. The van der Waals surface area contributed by atoms with Gasteiger partial charge in [-0.25, -0.2) is 4.98 Å². The molecule has 0 bridgehead atoms. The molecule has 0 aliphatic rings. The summed E-state index contributed by atoms with van der Waals surface area (Å²) in [5, 5.41) is 0.675. The molecule has 78 valence electrons. The van der Waals surface area contributed by atoms with Gasteiger partial charge in [0.1, 0.15) is 0 Å². The number of nitrogens with zero attached hydrogens (tertiary/aromatic N) is 1. The van der Waals surface area contributed by atoms with E-state index in [4.69, 9.17) is 27.6 Å². The number of halogens is 3. The number of rotatable bonds is 2. The Kier molecular flexibility index (Phi) is 3.53. The molecule has 15 heavy (non-hydrogen) atoms. The van der Waals surface area contributed by atoms with Crippen LogP contribution < -0.4 is 0 Å². The van der Waals surface area contributed by atoms with E-state index < -0.39 is 0 Å². The molecule has 0 saturated carbocycles. The smallest absolute Gasteiger partial charge is 0.209 e. The minimum absolute atomic E-state index is 0.275. The third-order valence-electron chi connectivity index (χ3n) is 1.86. The van der Waals surface area contributed by atoms with Gasteiger partial charge < -0.3 is 4.42 Å². The maximum absolute atomic E-state index is 5.92. The SMILES string of the molecule is ClCc1ncc(-c2cc(Cl)ccc2I)o1. The Morgan fingerprint density at radius 1 is 1.40 bits per heavy atom. The first-order valence-electron chi connectivity index (χ1n) is 4.17. The summed E-state index contributed by atoms with van der Waals surface area (Å²) in [6, 6.07) is 5.62. The molecule has 2 aromatic rings. The van der Waals surface area contributed by atoms with Crippen molar-refractivity contribution in [2.24, 2.45) is 0 Å². The third kappa shape index (κ3) is 2.46. The number of oxazole rings is 1. The summed E-state index contributed by atoms with van der Waals surface area (Å²) >= 11 is 13.8. The highest BCUT2D eigenvalue weighted by atomic mass is 127. The van der Waals surface area contributed by atoms with Crippen molar-refractivity contribution in [1.29, 1.82) is 0 Å². The number of hydrogen-bond acceptors (Lipinski definition) is 2. The molecule has 0 saturated heterocycles. The van der Waals surface area contributed by atoms with Crippen molar-refractivity contribution in [3.63, 3.8) is 0 Å². The molecule has 1 aromatic heterocycles. The quantitative estimate of drug-likeness (QED) is 0.593. The highest BCUT2D eigenvalue weighted by Gasteiger charge is 2.09. The Hall–Kier alpha value is -0.260. The van der Waals surface area contributed by atoms with E-state index in [1.54, 1.807) is 6.20 Å². The zero-order valence-electron chi connectivity index (χ0n) is 7.51. The van der Waals surface area contributed by atoms with Crippen LogP contribution in [0.5, 0.6) is 0 Å². The molecule has 0 spiro atoms. The molecule has 2 rings (SSSR count). The molecule has 1 aromatic carbocycles. The van der Waals surface area contributed by atoms with E-state index in [1.807, 2.05) is 18.2 Å². The monoisotopic (exact) mass is 353 g/mol. The van der Waals surface area contributed by atoms with Gasteiger partial charge in [0.05, 0.1) is 12.1 Å². The van der Waals surface area contributed by atoms with Crippen LogP contribution in [0.25, 0.3) is 11.3 Å². The fourth-order valence-electron chi connectivity index (χ4n) is 1.18. The molecular formula is C10H6Cl2INO. The second-order valence-electron chi connectivity index (χ2n) is 2.88. The molecule has 0 N–H and O–H groups in total. The second-order valence-corrected chi connectivity index (χ2v) is 4.74. The van der Waals surface area contributed by atoms with Gasteiger partial charge in [-0.1, -0.05) is 11.6 Å². The van der Waals surface area contributed by atoms with Gasteiger partial charge in [-0.3, -0.25) is 0 Å². The van der Waals surface area contributed by atoms with E-state index in [0.29, 0.717) is 16.7 Å². The maximum Gasteiger partial charge on any atom is 0.209 e. The van der Waals surface area contributed by atoms with E-state index in [1.165, 1.54) is 0 Å². The first-order valence-corrected chi connectivity index (χ1v) is 6.16. The summed E-state index contributed by atoms with van der Waals surface area (Å²) in [5.41, 5.74) is 0.937. The standard InChI is InChI=1S/C10H6Cl2INO/c11-4-10-14-5-9(15-10)7-3-6(12)1-2-8(7)13/h1-3,5H,4H2. The lowest BCUT2D eigenvalue weighted by Crippen LogP contribution is -1.80. The van der Waals surface area contributed by atoms with Crippen molar-refractivity contribution in [2.45, 2.75) is 5.88 Å². The van der Waals surface area contributed by atoms with Gasteiger partial charge in [-0.15, -0.1) is 11.6 Å². The third-order valence-corrected chi connectivity index (χ3v) is 3.27. The summed E-state index contributed by atoms with van der Waals surface area (Å²) in [4.78, 5) is 4.04. The van der Waals surface area contributed by atoms with Crippen molar-refractivity contribution >= 4 is 45.8 Å². The zero-order valence-corrected chi connectivity index (χ0v) is 11.2. The van der Waals surface area contributed by atoms with E-state index >= 15 is 0 Å². The van der Waals surface area contributed by atoms with Gasteiger partial charge in [0, 0.05) is 14.2 Å². The minimum Gasteiger partial charge on any atom is -0.439 e. The molecule has 0 aliphatic carbocycles. The van der Waals surface area contributed by atoms with E-state index in [9.17, 15) is 0 Å². The van der Waals surface area contributed by atoms with Crippen LogP contribution in [0.4, 0.5) is 0 Å². The Balaban J connectivity index is 2.48. The van der Waals surface area contributed by atoms with Gasteiger partial charge >= 0.3 is 0 Å². The highest BCUT2D eigenvalue weighted by molar-refractivity contribution is 14.1. The van der Waals surface area contributed by atoms with Gasteiger partial charge in [0.15, 0.2) is 5.76 Å². The van der Waals surface area contributed by atoms with E-state index in [-0.39, 0.29) is 5.88 Å². The Labute approximate surface area is 111 Å². The van der Waals surface area contributed by atoms with Gasteiger partial charge in [-0.2, -0.15) is 0 Å². The lowest BCUT2D eigenvalue weighted by molar-refractivity contribution is 0.528. The van der Waals surface area contributed by atoms with Crippen LogP contribution in [0, 0.1) is 3.57 Å². The summed E-state index contributed by atoms with van der Waals surface area (Å²) in [6.45, 7) is 0. The number of benzene rings is 1. The fraction of sp³-hybridized carbons (Fsp3) is 0.100. The highest BCUT2D eigenvalue weighted by Crippen LogP contribution is 2.28. The summed E-state index contributed by atoms with van der Waals surface area (Å²) in [5.74, 6) is 1.48. The molecular weight excluding hydrogens is 348 g/mol. The zero-order chi connectivity index (χ0) is 10.8. The largest absolute Gasteiger partial charge is 0.439 e. The Morgan fingerprint density at radius 3 is 2.87 bits per heavy atom. The minimum atomic E-state index is 0.275. The van der Waals surface area contributed by atoms with Crippen molar-refractivity contribution in [3.05, 3.63) is 38.9 Å². The molecule has 0 amide bonds. The van der Waals surface area contributed by atoms with Crippen molar-refractivity contribution in [3.8, 4) is 11.3 Å². The first-order chi connectivity index (χ1) is 7.20. The normalized spacial score (nSPS) is 10.6. The molecule has 0 unspecified atom stereocenters. The molecule has 5 heteroatoms. The van der Waals surface area contributed by atoms with Crippen LogP contribution in [0.3, 0.4) is 0 Å². The molecule has 0 fully saturated rings. The lowest BCUT2D eigenvalue weighted by Gasteiger charge is -2.00. The first kappa shape index (κ1) is 11.2. The van der Waals surface area contributed by atoms with Crippen LogP contribution in [-0.2, 0) is 5.88 Å². The average molecular weight is 354 g/mol. The summed E-state index contributed by atoms with van der Waals surface area (Å²) < 4.78 is 6.51. The van der Waals surface area contributed by atoms with E-state index in [0.717, 1.165) is 9.13 Å². The molecule has 0 atom stereocenters. The van der Waals surface area contributed by atoms with Crippen molar-refractivity contribution in [1.82, 2.24) is 4.98 Å². The average Bonchev–Trinajstić information content (AvgIpc) is 2.70. The second kappa shape index (κ2) is 4.72. The Morgan fingerprint density at radius 2 is 2.20 bits per heavy atom. The topological polar surface area (TPSA) is 26.0 Å². The van der Waals surface area contributed by atoms with Crippen molar-refractivity contribution in [2.75, 3.05) is 0 Å². The molecule has 0 radical (unpaired) electrons. The number of hydrogen-bond donors (Lipinski definition) is 0. The summed E-state index contributed by atoms with van der Waals surface area (Å²) in [6.07, 6.45) is 1.66. The van der Waals surface area contributed by atoms with Gasteiger partial charge in [0.2, 0.25) is 5.89 Å². The maximum atomic E-state index is 5.92. The molecule has 2 nitrogen and oxygen atoms in total. The van der Waals surface area contributed by atoms with Crippen LogP contribution >= 0.6 is 45.8 Å². The molecule has 0 aliphatic heterocycles. The van der Waals surface area contributed by atoms with Crippen LogP contribution in [-0.4, -0.2) is 4.98 Å². The van der Waals surface area contributed by atoms with Crippen LogP contribution in [0.2, 0.25) is 5.02 Å². The van der Waals surface area contributed by atoms with Crippen LogP contribution in [0.1, 0.15) is 5.89 Å². The van der Waals surface area contributed by atoms with Gasteiger partial charge in [-0.05, 0) is 40.8 Å². The van der Waals surface area contributed by atoms with Crippen LogP contribution in [0.15, 0.2) is 28.8 Å². The van der Waals surface area contributed by atoms with Gasteiger partial charge in [0.25, 0.3) is 0 Å². The summed E-state index contributed by atoms with van der Waals surface area (Å²) in [7, 11) is 0. The van der Waals surface area contributed by atoms with Crippen molar-refractivity contribution < 1.29 is 4.42 Å². The Bertz CT molecular complexity index is 484. The number of alkyl halides is 1.